The molecular weight excluding hydrogens is 287 g/mol. The Morgan fingerprint density at radius 2 is 1.89 bits per heavy atom. The highest BCUT2D eigenvalue weighted by Crippen LogP contribution is 2.21. The zero-order valence-electron chi connectivity index (χ0n) is 11.0. The molecule has 0 fully saturated rings. The molecule has 3 nitrogen and oxygen atoms in total. The maximum atomic E-state index is 11.8. The van der Waals surface area contributed by atoms with Crippen LogP contribution in [-0.2, 0) is 9.47 Å². The first-order valence-electron chi connectivity index (χ1n) is 6.29. The molecule has 0 aromatic heterocycles. The molecule has 0 heterocycles. The van der Waals surface area contributed by atoms with Crippen molar-refractivity contribution in [2.45, 2.75) is 19.8 Å². The number of hydrogen-bond acceptors (Lipinski definition) is 3. The van der Waals surface area contributed by atoms with Crippen molar-refractivity contribution in [1.82, 2.24) is 0 Å². The molecule has 0 saturated heterocycles. The van der Waals surface area contributed by atoms with E-state index in [1.807, 2.05) is 0 Å². The number of hydrogen-bond donors (Lipinski definition) is 0. The number of carbonyl (C=O) groups excluding carboxylic acids is 1. The number of benzene rings is 1. The van der Waals surface area contributed by atoms with Gasteiger partial charge < -0.3 is 9.47 Å². The Bertz CT molecular complexity index is 408. The Morgan fingerprint density at radius 3 is 2.58 bits per heavy atom. The van der Waals surface area contributed by atoms with E-state index in [2.05, 4.69) is 6.92 Å². The van der Waals surface area contributed by atoms with Crippen molar-refractivity contribution in [2.75, 3.05) is 26.4 Å². The molecule has 0 aliphatic heterocycles. The molecule has 0 radical (unpaired) electrons. The number of carbonyl (C=O) groups is 1. The van der Waals surface area contributed by atoms with E-state index in [-0.39, 0.29) is 12.4 Å². The van der Waals surface area contributed by atoms with E-state index < -0.39 is 0 Å². The predicted octanol–water partition coefficient (Wildman–Crippen LogP) is 4.01. The fourth-order valence-corrected chi connectivity index (χ4v) is 1.94. The molecule has 1 aromatic rings. The van der Waals surface area contributed by atoms with Crippen LogP contribution in [0.5, 0.6) is 0 Å². The molecule has 0 atom stereocenters. The number of unbranched alkanes of at least 4 members (excludes halogenated alkanes) is 1. The summed E-state index contributed by atoms with van der Waals surface area (Å²) in [6.45, 7) is 3.74. The molecule has 0 spiro atoms. The van der Waals surface area contributed by atoms with Gasteiger partial charge in [0.25, 0.3) is 0 Å². The number of ketones is 1. The van der Waals surface area contributed by atoms with E-state index in [4.69, 9.17) is 32.7 Å². The average molecular weight is 305 g/mol. The Labute approximate surface area is 123 Å². The first-order valence-corrected chi connectivity index (χ1v) is 7.04. The number of halogens is 2. The van der Waals surface area contributed by atoms with Gasteiger partial charge in [0.2, 0.25) is 0 Å². The second kappa shape index (κ2) is 9.32. The van der Waals surface area contributed by atoms with Gasteiger partial charge in [-0.15, -0.1) is 0 Å². The van der Waals surface area contributed by atoms with E-state index in [9.17, 15) is 4.79 Å². The van der Waals surface area contributed by atoms with Crippen LogP contribution in [0.3, 0.4) is 0 Å². The SMILES string of the molecule is CCCCOCCOCC(=O)c1ccc(Cl)cc1Cl. The van der Waals surface area contributed by atoms with E-state index in [0.29, 0.717) is 28.8 Å². The van der Waals surface area contributed by atoms with Crippen molar-refractivity contribution in [3.05, 3.63) is 33.8 Å². The molecule has 0 bridgehead atoms. The minimum absolute atomic E-state index is 0.00150. The number of rotatable bonds is 9. The topological polar surface area (TPSA) is 35.5 Å². The van der Waals surface area contributed by atoms with Crippen LogP contribution in [0.25, 0.3) is 0 Å². The smallest absolute Gasteiger partial charge is 0.189 e. The van der Waals surface area contributed by atoms with Gasteiger partial charge in [-0.25, -0.2) is 0 Å². The zero-order valence-corrected chi connectivity index (χ0v) is 12.5. The number of Topliss-reactive ketones (excluding diaryl/α,β-unsaturated/α-hetero) is 1. The van der Waals surface area contributed by atoms with Crippen molar-refractivity contribution < 1.29 is 14.3 Å². The largest absolute Gasteiger partial charge is 0.379 e. The highest BCUT2D eigenvalue weighted by molar-refractivity contribution is 6.36. The third-order valence-electron chi connectivity index (χ3n) is 2.48. The summed E-state index contributed by atoms with van der Waals surface area (Å²) in [6.07, 6.45) is 2.15. The van der Waals surface area contributed by atoms with Gasteiger partial charge in [-0.1, -0.05) is 36.5 Å². The van der Waals surface area contributed by atoms with E-state index in [1.54, 1.807) is 18.2 Å². The Kier molecular flexibility index (Phi) is 8.07. The maximum Gasteiger partial charge on any atom is 0.189 e. The van der Waals surface area contributed by atoms with Gasteiger partial charge in [-0.05, 0) is 24.6 Å². The second-order valence-electron chi connectivity index (χ2n) is 4.07. The summed E-state index contributed by atoms with van der Waals surface area (Å²) in [5.74, 6) is -0.157. The molecule has 0 saturated carbocycles. The van der Waals surface area contributed by atoms with Crippen LogP contribution < -0.4 is 0 Å². The summed E-state index contributed by atoms with van der Waals surface area (Å²) in [6, 6.07) is 4.78. The first-order chi connectivity index (χ1) is 9.15. The zero-order chi connectivity index (χ0) is 14.1. The molecular formula is C14H18Cl2O3. The summed E-state index contributed by atoms with van der Waals surface area (Å²) in [5, 5.41) is 0.854. The minimum Gasteiger partial charge on any atom is -0.379 e. The lowest BCUT2D eigenvalue weighted by Crippen LogP contribution is -2.13. The summed E-state index contributed by atoms with van der Waals surface area (Å²) in [5.41, 5.74) is 0.429. The van der Waals surface area contributed by atoms with Gasteiger partial charge in [0.1, 0.15) is 6.61 Å². The molecule has 1 rings (SSSR count). The summed E-state index contributed by atoms with van der Waals surface area (Å²) in [7, 11) is 0. The van der Waals surface area contributed by atoms with Crippen molar-refractivity contribution in [2.24, 2.45) is 0 Å². The molecule has 1 aromatic carbocycles. The normalized spacial score (nSPS) is 10.7. The van der Waals surface area contributed by atoms with Crippen molar-refractivity contribution in [1.29, 1.82) is 0 Å². The van der Waals surface area contributed by atoms with E-state index >= 15 is 0 Å². The van der Waals surface area contributed by atoms with Crippen LogP contribution in [0.2, 0.25) is 10.0 Å². The first kappa shape index (κ1) is 16.4. The fraction of sp³-hybridized carbons (Fsp3) is 0.500. The van der Waals surface area contributed by atoms with Gasteiger partial charge in [0.15, 0.2) is 5.78 Å². The minimum atomic E-state index is -0.157. The van der Waals surface area contributed by atoms with Crippen LogP contribution in [0.4, 0.5) is 0 Å². The molecule has 0 aliphatic carbocycles. The van der Waals surface area contributed by atoms with Gasteiger partial charge in [0.05, 0.1) is 18.2 Å². The monoisotopic (exact) mass is 304 g/mol. The maximum absolute atomic E-state index is 11.8. The van der Waals surface area contributed by atoms with Gasteiger partial charge in [-0.2, -0.15) is 0 Å². The molecule has 19 heavy (non-hydrogen) atoms. The highest BCUT2D eigenvalue weighted by atomic mass is 35.5. The van der Waals surface area contributed by atoms with Gasteiger partial charge in [0, 0.05) is 17.2 Å². The summed E-state index contributed by atoms with van der Waals surface area (Å²) in [4.78, 5) is 11.8. The predicted molar refractivity (Wildman–Crippen MR) is 77.3 cm³/mol. The van der Waals surface area contributed by atoms with Gasteiger partial charge in [-0.3, -0.25) is 4.79 Å². The van der Waals surface area contributed by atoms with Crippen LogP contribution in [-0.4, -0.2) is 32.2 Å². The number of ether oxygens (including phenoxy) is 2. The van der Waals surface area contributed by atoms with Crippen molar-refractivity contribution in [3.8, 4) is 0 Å². The van der Waals surface area contributed by atoms with Crippen molar-refractivity contribution in [3.63, 3.8) is 0 Å². The molecule has 0 aliphatic rings. The Balaban J connectivity index is 2.24. The Morgan fingerprint density at radius 1 is 1.16 bits per heavy atom. The van der Waals surface area contributed by atoms with Gasteiger partial charge >= 0.3 is 0 Å². The lowest BCUT2D eigenvalue weighted by Gasteiger charge is -2.06. The van der Waals surface area contributed by atoms with Crippen LogP contribution in [0, 0.1) is 0 Å². The van der Waals surface area contributed by atoms with E-state index in [0.717, 1.165) is 19.4 Å². The third kappa shape index (κ3) is 6.39. The molecule has 0 N–H and O–H groups in total. The molecule has 0 amide bonds. The quantitative estimate of drug-likeness (QED) is 0.511. The third-order valence-corrected chi connectivity index (χ3v) is 3.03. The fourth-order valence-electron chi connectivity index (χ4n) is 1.42. The van der Waals surface area contributed by atoms with Crippen LogP contribution in [0.15, 0.2) is 18.2 Å². The molecule has 5 heteroatoms. The standard InChI is InChI=1S/C14H18Cl2O3/c1-2-3-6-18-7-8-19-10-14(17)12-5-4-11(15)9-13(12)16/h4-5,9H,2-3,6-8,10H2,1H3. The van der Waals surface area contributed by atoms with Crippen LogP contribution in [0.1, 0.15) is 30.1 Å². The van der Waals surface area contributed by atoms with E-state index in [1.165, 1.54) is 0 Å². The second-order valence-corrected chi connectivity index (χ2v) is 4.91. The summed E-state index contributed by atoms with van der Waals surface area (Å²) >= 11 is 11.7. The average Bonchev–Trinajstić information content (AvgIpc) is 2.37. The van der Waals surface area contributed by atoms with Crippen molar-refractivity contribution >= 4 is 29.0 Å². The highest BCUT2D eigenvalue weighted by Gasteiger charge is 2.10. The summed E-state index contributed by atoms with van der Waals surface area (Å²) < 4.78 is 10.6. The molecule has 106 valence electrons. The Hall–Kier alpha value is -0.610. The lowest BCUT2D eigenvalue weighted by atomic mass is 10.1. The van der Waals surface area contributed by atoms with Crippen LogP contribution >= 0.6 is 23.2 Å². The lowest BCUT2D eigenvalue weighted by molar-refractivity contribution is 0.0432. The molecule has 0 unspecified atom stereocenters.